The van der Waals surface area contributed by atoms with Crippen LogP contribution in [-0.4, -0.2) is 43.2 Å². The molecule has 1 aliphatic heterocycles. The second-order valence-electron chi connectivity index (χ2n) is 4.58. The predicted octanol–water partition coefficient (Wildman–Crippen LogP) is -0.476. The van der Waals surface area contributed by atoms with Gasteiger partial charge in [0.2, 0.25) is 11.8 Å². The average molecular weight is 257 g/mol. The third kappa shape index (κ3) is 4.27. The Balaban J connectivity index is 2.33. The molecule has 6 nitrogen and oxygen atoms in total. The maximum Gasteiger partial charge on any atom is 0.249 e. The number of ether oxygens (including phenoxy) is 1. The van der Waals surface area contributed by atoms with Crippen LogP contribution in [0.3, 0.4) is 0 Å². The molecule has 1 heterocycles. The molecule has 0 bridgehead atoms. The zero-order valence-electron chi connectivity index (χ0n) is 11.1. The summed E-state index contributed by atoms with van der Waals surface area (Å²) in [5.74, 6) is -0.399. The van der Waals surface area contributed by atoms with Gasteiger partial charge in [0.25, 0.3) is 0 Å². The number of carbonyl (C=O) groups is 2. The van der Waals surface area contributed by atoms with Crippen molar-refractivity contribution in [1.82, 2.24) is 10.6 Å². The monoisotopic (exact) mass is 257 g/mol. The molecule has 0 aliphatic carbocycles. The second-order valence-corrected chi connectivity index (χ2v) is 4.58. The van der Waals surface area contributed by atoms with Crippen molar-refractivity contribution in [1.29, 1.82) is 0 Å². The van der Waals surface area contributed by atoms with Crippen molar-refractivity contribution < 1.29 is 14.3 Å². The summed E-state index contributed by atoms with van der Waals surface area (Å²) in [5, 5.41) is 5.39. The van der Waals surface area contributed by atoms with Gasteiger partial charge in [-0.1, -0.05) is 6.92 Å². The van der Waals surface area contributed by atoms with Gasteiger partial charge in [-0.25, -0.2) is 0 Å². The highest BCUT2D eigenvalue weighted by atomic mass is 16.5. The van der Waals surface area contributed by atoms with E-state index < -0.39 is 12.1 Å². The molecule has 104 valence electrons. The number of rotatable bonds is 6. The largest absolute Gasteiger partial charge is 0.364 e. The Hall–Kier alpha value is -1.14. The first kappa shape index (κ1) is 14.9. The van der Waals surface area contributed by atoms with Gasteiger partial charge in [-0.3, -0.25) is 9.59 Å². The van der Waals surface area contributed by atoms with Crippen LogP contribution >= 0.6 is 0 Å². The highest BCUT2D eigenvalue weighted by Gasteiger charge is 2.31. The molecule has 1 rings (SSSR count). The Kier molecular flexibility index (Phi) is 6.07. The fourth-order valence-corrected chi connectivity index (χ4v) is 1.85. The summed E-state index contributed by atoms with van der Waals surface area (Å²) in [6.45, 7) is 4.69. The van der Waals surface area contributed by atoms with E-state index in [-0.39, 0.29) is 17.9 Å². The van der Waals surface area contributed by atoms with E-state index in [9.17, 15) is 9.59 Å². The lowest BCUT2D eigenvalue weighted by atomic mass is 10.2. The number of nitrogens with one attached hydrogen (secondary N) is 2. The molecule has 0 saturated carbocycles. The Morgan fingerprint density at radius 1 is 1.44 bits per heavy atom. The van der Waals surface area contributed by atoms with Crippen molar-refractivity contribution in [2.75, 3.05) is 13.1 Å². The summed E-state index contributed by atoms with van der Waals surface area (Å²) in [4.78, 5) is 23.4. The van der Waals surface area contributed by atoms with E-state index in [0.29, 0.717) is 19.5 Å². The fourth-order valence-electron chi connectivity index (χ4n) is 1.85. The second kappa shape index (κ2) is 7.33. The van der Waals surface area contributed by atoms with Gasteiger partial charge in [-0.05, 0) is 26.2 Å². The molecule has 1 saturated heterocycles. The predicted molar refractivity (Wildman–Crippen MR) is 67.9 cm³/mol. The van der Waals surface area contributed by atoms with Crippen molar-refractivity contribution in [3.05, 3.63) is 0 Å². The minimum absolute atomic E-state index is 0.0371. The third-order valence-corrected chi connectivity index (χ3v) is 2.96. The quantitative estimate of drug-likeness (QED) is 0.599. The maximum atomic E-state index is 11.8. The lowest BCUT2D eigenvalue weighted by Gasteiger charge is -2.17. The van der Waals surface area contributed by atoms with Crippen LogP contribution in [0.4, 0.5) is 0 Å². The lowest BCUT2D eigenvalue weighted by Crippen LogP contribution is -2.48. The van der Waals surface area contributed by atoms with Crippen LogP contribution in [0.1, 0.15) is 33.1 Å². The van der Waals surface area contributed by atoms with Crippen LogP contribution in [0.5, 0.6) is 0 Å². The molecule has 1 fully saturated rings. The molecular formula is C12H23N3O3. The highest BCUT2D eigenvalue weighted by Crippen LogP contribution is 2.18. The summed E-state index contributed by atoms with van der Waals surface area (Å²) in [6, 6.07) is -0.537. The Labute approximate surface area is 108 Å². The van der Waals surface area contributed by atoms with Gasteiger partial charge in [0.1, 0.15) is 12.1 Å². The zero-order valence-corrected chi connectivity index (χ0v) is 11.1. The lowest BCUT2D eigenvalue weighted by molar-refractivity contribution is -0.135. The highest BCUT2D eigenvalue weighted by molar-refractivity contribution is 5.89. The van der Waals surface area contributed by atoms with Crippen molar-refractivity contribution >= 4 is 11.8 Å². The topological polar surface area (TPSA) is 93.5 Å². The van der Waals surface area contributed by atoms with Gasteiger partial charge >= 0.3 is 0 Å². The van der Waals surface area contributed by atoms with E-state index >= 15 is 0 Å². The Bertz CT molecular complexity index is 296. The molecule has 2 amide bonds. The number of carbonyl (C=O) groups excluding carboxylic acids is 2. The number of hydrogen-bond donors (Lipinski definition) is 3. The normalized spacial score (nSPS) is 24.6. The average Bonchev–Trinajstić information content (AvgIpc) is 2.84. The summed E-state index contributed by atoms with van der Waals surface area (Å²) in [6.07, 6.45) is 1.82. The fraction of sp³-hybridized carbons (Fsp3) is 0.833. The summed E-state index contributed by atoms with van der Waals surface area (Å²) in [7, 11) is 0. The molecule has 0 aromatic rings. The summed E-state index contributed by atoms with van der Waals surface area (Å²) in [5.41, 5.74) is 5.48. The minimum atomic E-state index is -0.537. The van der Waals surface area contributed by atoms with Crippen LogP contribution in [0.15, 0.2) is 0 Å². The van der Waals surface area contributed by atoms with E-state index in [0.717, 1.165) is 12.8 Å². The Morgan fingerprint density at radius 2 is 2.17 bits per heavy atom. The van der Waals surface area contributed by atoms with Gasteiger partial charge in [0.15, 0.2) is 0 Å². The molecule has 0 aromatic carbocycles. The first-order chi connectivity index (χ1) is 8.58. The van der Waals surface area contributed by atoms with E-state index in [4.69, 9.17) is 10.5 Å². The third-order valence-electron chi connectivity index (χ3n) is 2.96. The van der Waals surface area contributed by atoms with Gasteiger partial charge in [-0.2, -0.15) is 0 Å². The first-order valence-corrected chi connectivity index (χ1v) is 6.52. The molecule has 6 heteroatoms. The molecule has 4 N–H and O–H groups in total. The van der Waals surface area contributed by atoms with Gasteiger partial charge in [0.05, 0.1) is 6.10 Å². The van der Waals surface area contributed by atoms with Crippen LogP contribution in [0.25, 0.3) is 0 Å². The van der Waals surface area contributed by atoms with E-state index in [2.05, 4.69) is 10.6 Å². The molecule has 3 atom stereocenters. The first-order valence-electron chi connectivity index (χ1n) is 6.52. The van der Waals surface area contributed by atoms with Crippen molar-refractivity contribution in [3.63, 3.8) is 0 Å². The van der Waals surface area contributed by atoms with Crippen molar-refractivity contribution in [2.24, 2.45) is 5.73 Å². The molecular weight excluding hydrogens is 234 g/mol. The number of amides is 2. The van der Waals surface area contributed by atoms with Crippen LogP contribution in [0, 0.1) is 0 Å². The van der Waals surface area contributed by atoms with Crippen molar-refractivity contribution in [3.8, 4) is 0 Å². The minimum Gasteiger partial charge on any atom is -0.364 e. The zero-order chi connectivity index (χ0) is 13.5. The number of hydrogen-bond acceptors (Lipinski definition) is 4. The van der Waals surface area contributed by atoms with Crippen LogP contribution in [0.2, 0.25) is 0 Å². The van der Waals surface area contributed by atoms with E-state index in [1.165, 1.54) is 0 Å². The number of nitrogens with two attached hydrogens (primary N) is 1. The summed E-state index contributed by atoms with van der Waals surface area (Å²) >= 11 is 0. The summed E-state index contributed by atoms with van der Waals surface area (Å²) < 4.78 is 5.47. The van der Waals surface area contributed by atoms with Gasteiger partial charge in [-0.15, -0.1) is 0 Å². The Morgan fingerprint density at radius 3 is 2.72 bits per heavy atom. The maximum absolute atomic E-state index is 11.8. The standard InChI is InChI=1S/C12H23N3O3/c1-3-6-14-11(16)8(2)15-12(17)10-5-4-9(7-13)18-10/h8-10H,3-7,13H2,1-2H3,(H,14,16)(H,15,17). The van der Waals surface area contributed by atoms with E-state index in [1.807, 2.05) is 6.92 Å². The molecule has 0 radical (unpaired) electrons. The van der Waals surface area contributed by atoms with E-state index in [1.54, 1.807) is 6.92 Å². The van der Waals surface area contributed by atoms with Crippen LogP contribution in [-0.2, 0) is 14.3 Å². The molecule has 18 heavy (non-hydrogen) atoms. The molecule has 3 unspecified atom stereocenters. The van der Waals surface area contributed by atoms with Crippen LogP contribution < -0.4 is 16.4 Å². The van der Waals surface area contributed by atoms with Gasteiger partial charge < -0.3 is 21.1 Å². The smallest absolute Gasteiger partial charge is 0.249 e. The molecule has 1 aliphatic rings. The molecule has 0 spiro atoms. The SMILES string of the molecule is CCCNC(=O)C(C)NC(=O)C1CCC(CN)O1. The molecule has 0 aromatic heterocycles. The van der Waals surface area contributed by atoms with Crippen molar-refractivity contribution in [2.45, 2.75) is 51.4 Å². The van der Waals surface area contributed by atoms with Gasteiger partial charge in [0, 0.05) is 13.1 Å².